The van der Waals surface area contributed by atoms with Gasteiger partial charge in [0.25, 0.3) is 0 Å². The minimum absolute atomic E-state index is 0.199. The van der Waals surface area contributed by atoms with Crippen LogP contribution >= 0.6 is 11.8 Å². The molecule has 1 rings (SSSR count). The molecular weight excluding hydrogens is 278 g/mol. The number of aliphatic hydroxyl groups is 1. The summed E-state index contributed by atoms with van der Waals surface area (Å²) < 4.78 is 5.53. The highest BCUT2D eigenvalue weighted by Crippen LogP contribution is 2.13. The third-order valence-electron chi connectivity index (χ3n) is 2.60. The summed E-state index contributed by atoms with van der Waals surface area (Å²) in [6, 6.07) is 9.04. The van der Waals surface area contributed by atoms with E-state index in [-0.39, 0.29) is 12.6 Å². The fourth-order valence-corrected chi connectivity index (χ4v) is 2.34. The Morgan fingerprint density at radius 2 is 2.05 bits per heavy atom. The zero-order chi connectivity index (χ0) is 14.6. The van der Waals surface area contributed by atoms with E-state index in [1.54, 1.807) is 11.8 Å². The van der Waals surface area contributed by atoms with Crippen LogP contribution in [0.5, 0.6) is 0 Å². The minimum Gasteiger partial charge on any atom is -0.465 e. The summed E-state index contributed by atoms with van der Waals surface area (Å²) >= 11 is 1.68. The van der Waals surface area contributed by atoms with Gasteiger partial charge in [0, 0.05) is 12.4 Å². The average molecular weight is 299 g/mol. The van der Waals surface area contributed by atoms with Gasteiger partial charge < -0.3 is 20.3 Å². The molecule has 0 saturated heterocycles. The summed E-state index contributed by atoms with van der Waals surface area (Å²) in [7, 11) is 0. The van der Waals surface area contributed by atoms with Crippen LogP contribution < -0.4 is 5.32 Å². The lowest BCUT2D eigenvalue weighted by Crippen LogP contribution is -2.30. The van der Waals surface area contributed by atoms with Gasteiger partial charge in [-0.25, -0.2) is 4.79 Å². The molecule has 3 N–H and O–H groups in total. The molecule has 0 radical (unpaired) electrons. The number of hydrogen-bond donors (Lipinski definition) is 3. The van der Waals surface area contributed by atoms with E-state index in [0.29, 0.717) is 13.2 Å². The van der Waals surface area contributed by atoms with E-state index in [0.717, 1.165) is 23.5 Å². The van der Waals surface area contributed by atoms with Gasteiger partial charge >= 0.3 is 6.09 Å². The maximum absolute atomic E-state index is 10.8. The van der Waals surface area contributed by atoms with Crippen LogP contribution in [-0.4, -0.2) is 47.6 Å². The van der Waals surface area contributed by atoms with Crippen LogP contribution in [-0.2, 0) is 4.74 Å². The Morgan fingerprint density at radius 3 is 2.70 bits per heavy atom. The number of benzene rings is 1. The lowest BCUT2D eigenvalue weighted by Gasteiger charge is -2.17. The number of aliphatic hydroxyl groups excluding tert-OH is 1. The molecule has 1 aromatic rings. The molecule has 112 valence electrons. The van der Waals surface area contributed by atoms with E-state index < -0.39 is 6.09 Å². The maximum Gasteiger partial charge on any atom is 0.405 e. The molecule has 5 nitrogen and oxygen atoms in total. The van der Waals surface area contributed by atoms with Crippen molar-refractivity contribution in [2.75, 3.05) is 31.3 Å². The largest absolute Gasteiger partial charge is 0.465 e. The number of carbonyl (C=O) groups is 1. The highest BCUT2D eigenvalue weighted by atomic mass is 32.2. The highest BCUT2D eigenvalue weighted by molar-refractivity contribution is 7.99. The number of nitrogens with one attached hydrogen (secondary N) is 1. The lowest BCUT2D eigenvalue weighted by atomic mass is 10.1. The summed E-state index contributed by atoms with van der Waals surface area (Å²) in [5, 5.41) is 19.9. The van der Waals surface area contributed by atoms with Crippen LogP contribution in [0.2, 0.25) is 0 Å². The number of amides is 1. The second-order valence-corrected chi connectivity index (χ2v) is 5.40. The van der Waals surface area contributed by atoms with E-state index in [9.17, 15) is 4.79 Å². The molecule has 6 heteroatoms. The van der Waals surface area contributed by atoms with Gasteiger partial charge in [0.2, 0.25) is 0 Å². The fourth-order valence-electron chi connectivity index (χ4n) is 1.69. The van der Waals surface area contributed by atoms with Crippen molar-refractivity contribution in [1.82, 2.24) is 5.32 Å². The second-order valence-electron chi connectivity index (χ2n) is 4.18. The molecule has 20 heavy (non-hydrogen) atoms. The van der Waals surface area contributed by atoms with Crippen molar-refractivity contribution in [1.29, 1.82) is 0 Å². The van der Waals surface area contributed by atoms with Gasteiger partial charge in [-0.05, 0) is 17.7 Å². The van der Waals surface area contributed by atoms with Crippen molar-refractivity contribution in [3.8, 4) is 0 Å². The zero-order valence-electron chi connectivity index (χ0n) is 11.3. The van der Waals surface area contributed by atoms with Gasteiger partial charge in [0.15, 0.2) is 0 Å². The fraction of sp³-hybridized carbons (Fsp3) is 0.500. The topological polar surface area (TPSA) is 78.8 Å². The Kier molecular flexibility index (Phi) is 8.86. The molecule has 0 bridgehead atoms. The molecule has 0 aliphatic carbocycles. The standard InChI is InChI=1S/C14H21NO4S/c16-7-10-20-9-4-8-19-11-13(15-14(17)18)12-5-2-1-3-6-12/h1-3,5-6,13,15-16H,4,7-11H2,(H,17,18)/t13-/m1/s1. The number of hydrogen-bond acceptors (Lipinski definition) is 4. The smallest absolute Gasteiger partial charge is 0.405 e. The molecule has 0 aliphatic rings. The van der Waals surface area contributed by atoms with Crippen molar-refractivity contribution < 1.29 is 19.7 Å². The van der Waals surface area contributed by atoms with Gasteiger partial charge in [-0.3, -0.25) is 0 Å². The van der Waals surface area contributed by atoms with E-state index in [2.05, 4.69) is 5.32 Å². The molecule has 0 aliphatic heterocycles. The zero-order valence-corrected chi connectivity index (χ0v) is 12.1. The lowest BCUT2D eigenvalue weighted by molar-refractivity contribution is 0.109. The quantitative estimate of drug-likeness (QED) is 0.577. The third kappa shape index (κ3) is 7.37. The molecule has 0 unspecified atom stereocenters. The molecule has 1 aromatic carbocycles. The predicted molar refractivity (Wildman–Crippen MR) is 80.2 cm³/mol. The van der Waals surface area contributed by atoms with Gasteiger partial charge in [-0.15, -0.1) is 0 Å². The minimum atomic E-state index is -1.05. The van der Waals surface area contributed by atoms with Gasteiger partial charge in [0.05, 0.1) is 19.3 Å². The molecule has 1 atom stereocenters. The molecule has 1 amide bonds. The number of rotatable bonds is 10. The summed E-state index contributed by atoms with van der Waals surface area (Å²) in [6.07, 6.45) is -0.167. The molecule has 0 fully saturated rings. The van der Waals surface area contributed by atoms with Crippen molar-refractivity contribution in [3.05, 3.63) is 35.9 Å². The van der Waals surface area contributed by atoms with Crippen LogP contribution in [0.1, 0.15) is 18.0 Å². The van der Waals surface area contributed by atoms with Gasteiger partial charge in [0.1, 0.15) is 0 Å². The normalized spacial score (nSPS) is 12.1. The summed E-state index contributed by atoms with van der Waals surface area (Å²) in [4.78, 5) is 10.8. The van der Waals surface area contributed by atoms with Crippen molar-refractivity contribution in [2.45, 2.75) is 12.5 Å². The molecule has 0 aromatic heterocycles. The van der Waals surface area contributed by atoms with Crippen LogP contribution in [0.25, 0.3) is 0 Å². The predicted octanol–water partition coefficient (Wildman–Crippen LogP) is 2.13. The van der Waals surface area contributed by atoms with E-state index in [1.165, 1.54) is 0 Å². The number of ether oxygens (including phenoxy) is 1. The van der Waals surface area contributed by atoms with E-state index in [1.807, 2.05) is 30.3 Å². The molecule has 0 spiro atoms. The van der Waals surface area contributed by atoms with E-state index in [4.69, 9.17) is 14.9 Å². The Bertz CT molecular complexity index is 375. The first kappa shape index (κ1) is 16.8. The monoisotopic (exact) mass is 299 g/mol. The van der Waals surface area contributed by atoms with Crippen LogP contribution in [0.15, 0.2) is 30.3 Å². The van der Waals surface area contributed by atoms with Gasteiger partial charge in [-0.2, -0.15) is 11.8 Å². The first-order valence-electron chi connectivity index (χ1n) is 6.54. The number of carboxylic acid groups (broad SMARTS) is 1. The molecular formula is C14H21NO4S. The SMILES string of the molecule is O=C(O)N[C@H](COCCCSCCO)c1ccccc1. The third-order valence-corrected chi connectivity index (χ3v) is 3.65. The Labute approximate surface area is 123 Å². The van der Waals surface area contributed by atoms with Crippen molar-refractivity contribution in [2.24, 2.45) is 0 Å². The van der Waals surface area contributed by atoms with Crippen LogP contribution in [0.4, 0.5) is 4.79 Å². The second kappa shape index (κ2) is 10.5. The number of thioether (sulfide) groups is 1. The average Bonchev–Trinajstić information content (AvgIpc) is 2.45. The van der Waals surface area contributed by atoms with Crippen molar-refractivity contribution in [3.63, 3.8) is 0 Å². The Hall–Kier alpha value is -1.24. The maximum atomic E-state index is 10.8. The summed E-state index contributed by atoms with van der Waals surface area (Å²) in [5.41, 5.74) is 0.893. The Morgan fingerprint density at radius 1 is 1.30 bits per heavy atom. The summed E-state index contributed by atoms with van der Waals surface area (Å²) in [5.74, 6) is 1.68. The first-order valence-corrected chi connectivity index (χ1v) is 7.70. The first-order chi connectivity index (χ1) is 9.74. The van der Waals surface area contributed by atoms with Crippen LogP contribution in [0.3, 0.4) is 0 Å². The van der Waals surface area contributed by atoms with Gasteiger partial charge in [-0.1, -0.05) is 30.3 Å². The molecule has 0 saturated carbocycles. The Balaban J connectivity index is 2.29. The van der Waals surface area contributed by atoms with E-state index >= 15 is 0 Å². The van der Waals surface area contributed by atoms with Crippen molar-refractivity contribution >= 4 is 17.9 Å². The van der Waals surface area contributed by atoms with Crippen LogP contribution in [0, 0.1) is 0 Å². The molecule has 0 heterocycles. The summed E-state index contributed by atoms with van der Waals surface area (Å²) in [6.45, 7) is 1.11. The highest BCUT2D eigenvalue weighted by Gasteiger charge is 2.13.